The van der Waals surface area contributed by atoms with Gasteiger partial charge in [-0.3, -0.25) is 5.32 Å². The van der Waals surface area contributed by atoms with Crippen LogP contribution in [0.5, 0.6) is 0 Å². The van der Waals surface area contributed by atoms with Crippen molar-refractivity contribution < 1.29 is 0 Å². The van der Waals surface area contributed by atoms with Gasteiger partial charge >= 0.3 is 0 Å². The van der Waals surface area contributed by atoms with Crippen molar-refractivity contribution in [2.45, 2.75) is 37.6 Å². The predicted octanol–water partition coefficient (Wildman–Crippen LogP) is 3.13. The Morgan fingerprint density at radius 3 is 2.65 bits per heavy atom. The Labute approximate surface area is 103 Å². The van der Waals surface area contributed by atoms with Crippen molar-refractivity contribution in [2.75, 3.05) is 6.54 Å². The van der Waals surface area contributed by atoms with Crippen LogP contribution in [-0.4, -0.2) is 6.54 Å². The maximum absolute atomic E-state index is 9.33. The van der Waals surface area contributed by atoms with E-state index in [1.807, 2.05) is 6.07 Å². The monoisotopic (exact) mass is 226 g/mol. The highest BCUT2D eigenvalue weighted by molar-refractivity contribution is 5.38. The number of nitrogens with one attached hydrogen (secondary N) is 1. The third kappa shape index (κ3) is 2.50. The van der Waals surface area contributed by atoms with Crippen LogP contribution < -0.4 is 5.32 Å². The Hall–Kier alpha value is -1.33. The molecule has 0 heterocycles. The quantitative estimate of drug-likeness (QED) is 0.837. The minimum Gasteiger partial charge on any atom is -0.298 e. The third-order valence-corrected chi connectivity index (χ3v) is 3.76. The van der Waals surface area contributed by atoms with Crippen LogP contribution in [0.25, 0.3) is 0 Å². The Balaban J connectivity index is 1.77. The maximum atomic E-state index is 9.33. The minimum atomic E-state index is -0.118. The molecule has 0 bridgehead atoms. The number of hydrogen-bond donors (Lipinski definition) is 1. The molecular formula is C15H18N2. The van der Waals surface area contributed by atoms with Crippen molar-refractivity contribution in [3.8, 4) is 6.07 Å². The van der Waals surface area contributed by atoms with Crippen LogP contribution in [0.1, 0.15) is 48.8 Å². The minimum absolute atomic E-state index is 0.118. The summed E-state index contributed by atoms with van der Waals surface area (Å²) in [7, 11) is 0. The fraction of sp³-hybridized carbons (Fsp3) is 0.533. The van der Waals surface area contributed by atoms with Gasteiger partial charge in [-0.05, 0) is 55.2 Å². The van der Waals surface area contributed by atoms with Gasteiger partial charge in [0.1, 0.15) is 6.04 Å². The second-order valence-electron chi connectivity index (χ2n) is 5.32. The molecule has 2 heteroatoms. The molecule has 17 heavy (non-hydrogen) atoms. The molecule has 0 radical (unpaired) electrons. The number of rotatable bonds is 5. The molecule has 1 aromatic rings. The largest absolute Gasteiger partial charge is 0.298 e. The molecule has 0 amide bonds. The highest BCUT2D eigenvalue weighted by atomic mass is 14.9. The van der Waals surface area contributed by atoms with E-state index in [1.54, 1.807) is 0 Å². The third-order valence-electron chi connectivity index (χ3n) is 3.76. The summed E-state index contributed by atoms with van der Waals surface area (Å²) in [6.45, 7) is 0.997. The summed E-state index contributed by atoms with van der Waals surface area (Å²) in [6, 6.07) is 10.7. The molecule has 1 atom stereocenters. The van der Waals surface area contributed by atoms with Crippen molar-refractivity contribution in [2.24, 2.45) is 5.92 Å². The number of hydrogen-bond acceptors (Lipinski definition) is 2. The first kappa shape index (κ1) is 10.8. The zero-order valence-electron chi connectivity index (χ0n) is 10.0. The highest BCUT2D eigenvalue weighted by Gasteiger charge is 2.29. The zero-order chi connectivity index (χ0) is 11.7. The summed E-state index contributed by atoms with van der Waals surface area (Å²) in [5.74, 6) is 1.53. The van der Waals surface area contributed by atoms with Gasteiger partial charge in [-0.2, -0.15) is 5.26 Å². The highest BCUT2D eigenvalue weighted by Crippen LogP contribution is 2.43. The predicted molar refractivity (Wildman–Crippen MR) is 67.5 cm³/mol. The Bertz CT molecular complexity index is 438. The average molecular weight is 226 g/mol. The van der Waals surface area contributed by atoms with Crippen LogP contribution >= 0.6 is 0 Å². The van der Waals surface area contributed by atoms with E-state index in [2.05, 4.69) is 29.6 Å². The van der Waals surface area contributed by atoms with Gasteiger partial charge in [0.25, 0.3) is 0 Å². The van der Waals surface area contributed by atoms with E-state index in [4.69, 9.17) is 0 Å². The molecule has 2 aliphatic rings. The molecule has 2 nitrogen and oxygen atoms in total. The molecule has 0 aromatic heterocycles. The summed E-state index contributed by atoms with van der Waals surface area (Å²) in [4.78, 5) is 0. The van der Waals surface area contributed by atoms with Crippen molar-refractivity contribution in [1.82, 2.24) is 5.32 Å². The molecule has 1 N–H and O–H groups in total. The zero-order valence-corrected chi connectivity index (χ0v) is 10.0. The van der Waals surface area contributed by atoms with Gasteiger partial charge in [0, 0.05) is 0 Å². The SMILES string of the molecule is N#CC(NCC1CC1)c1ccccc1C1CC1. The van der Waals surface area contributed by atoms with E-state index in [-0.39, 0.29) is 6.04 Å². The van der Waals surface area contributed by atoms with E-state index in [0.717, 1.165) is 12.5 Å². The summed E-state index contributed by atoms with van der Waals surface area (Å²) >= 11 is 0. The smallest absolute Gasteiger partial charge is 0.121 e. The van der Waals surface area contributed by atoms with Crippen LogP contribution in [0, 0.1) is 17.2 Å². The summed E-state index contributed by atoms with van der Waals surface area (Å²) in [5, 5.41) is 12.7. The fourth-order valence-corrected chi connectivity index (χ4v) is 2.37. The van der Waals surface area contributed by atoms with Crippen LogP contribution in [0.15, 0.2) is 24.3 Å². The van der Waals surface area contributed by atoms with E-state index in [0.29, 0.717) is 5.92 Å². The fourth-order valence-electron chi connectivity index (χ4n) is 2.37. The molecular weight excluding hydrogens is 208 g/mol. The molecule has 0 saturated heterocycles. The number of nitrogens with zero attached hydrogens (tertiary/aromatic N) is 1. The van der Waals surface area contributed by atoms with Crippen LogP contribution in [0.3, 0.4) is 0 Å². The lowest BCUT2D eigenvalue weighted by Crippen LogP contribution is -2.23. The Morgan fingerprint density at radius 2 is 2.00 bits per heavy atom. The molecule has 0 spiro atoms. The number of benzene rings is 1. The average Bonchev–Trinajstić information content (AvgIpc) is 3.24. The topological polar surface area (TPSA) is 35.8 Å². The van der Waals surface area contributed by atoms with Gasteiger partial charge in [0.05, 0.1) is 6.07 Å². The van der Waals surface area contributed by atoms with Crippen molar-refractivity contribution in [1.29, 1.82) is 5.26 Å². The lowest BCUT2D eigenvalue weighted by molar-refractivity contribution is 0.589. The van der Waals surface area contributed by atoms with Gasteiger partial charge < -0.3 is 0 Å². The molecule has 2 fully saturated rings. The molecule has 0 aliphatic heterocycles. The molecule has 2 aliphatic carbocycles. The second kappa shape index (κ2) is 4.50. The molecule has 3 rings (SSSR count). The first-order chi connectivity index (χ1) is 8.38. The summed E-state index contributed by atoms with van der Waals surface area (Å²) < 4.78 is 0. The van der Waals surface area contributed by atoms with Crippen LogP contribution in [-0.2, 0) is 0 Å². The molecule has 1 aromatic carbocycles. The summed E-state index contributed by atoms with van der Waals surface area (Å²) in [6.07, 6.45) is 5.24. The maximum Gasteiger partial charge on any atom is 0.121 e. The van der Waals surface area contributed by atoms with Crippen LogP contribution in [0.2, 0.25) is 0 Å². The first-order valence-electron chi connectivity index (χ1n) is 6.60. The van der Waals surface area contributed by atoms with Crippen LogP contribution in [0.4, 0.5) is 0 Å². The van der Waals surface area contributed by atoms with Gasteiger partial charge in [-0.15, -0.1) is 0 Å². The van der Waals surface area contributed by atoms with E-state index in [9.17, 15) is 5.26 Å². The van der Waals surface area contributed by atoms with Crippen molar-refractivity contribution in [3.63, 3.8) is 0 Å². The Morgan fingerprint density at radius 1 is 1.24 bits per heavy atom. The van der Waals surface area contributed by atoms with Gasteiger partial charge in [0.2, 0.25) is 0 Å². The normalized spacial score (nSPS) is 20.9. The van der Waals surface area contributed by atoms with Gasteiger partial charge in [-0.25, -0.2) is 0 Å². The molecule has 2 saturated carbocycles. The molecule has 1 unspecified atom stereocenters. The van der Waals surface area contributed by atoms with E-state index in [1.165, 1.54) is 36.8 Å². The standard InChI is InChI=1S/C15H18N2/c16-9-15(17-10-11-5-6-11)14-4-2-1-3-13(14)12-7-8-12/h1-4,11-12,15,17H,5-8,10H2. The lowest BCUT2D eigenvalue weighted by atomic mass is 9.97. The lowest BCUT2D eigenvalue weighted by Gasteiger charge is -2.15. The van der Waals surface area contributed by atoms with E-state index < -0.39 is 0 Å². The van der Waals surface area contributed by atoms with Gasteiger partial charge in [-0.1, -0.05) is 24.3 Å². The molecule has 88 valence electrons. The Kier molecular flexibility index (Phi) is 2.86. The van der Waals surface area contributed by atoms with Crippen molar-refractivity contribution in [3.05, 3.63) is 35.4 Å². The van der Waals surface area contributed by atoms with Crippen molar-refractivity contribution >= 4 is 0 Å². The summed E-state index contributed by atoms with van der Waals surface area (Å²) in [5.41, 5.74) is 2.60. The van der Waals surface area contributed by atoms with E-state index >= 15 is 0 Å². The van der Waals surface area contributed by atoms with Gasteiger partial charge in [0.15, 0.2) is 0 Å². The second-order valence-corrected chi connectivity index (χ2v) is 5.32. The first-order valence-corrected chi connectivity index (χ1v) is 6.60. The number of nitriles is 1.